The largest absolute Gasteiger partial charge is 0.481 e. The number of carbonyl (C=O) groups is 2. The van der Waals surface area contributed by atoms with Crippen LogP contribution in [-0.4, -0.2) is 63.6 Å². The Hall–Kier alpha value is -5.25. The average Bonchev–Trinajstić information content (AvgIpc) is 3.98. The molecule has 4 N–H and O–H groups in total. The van der Waals surface area contributed by atoms with Gasteiger partial charge in [-0.05, 0) is 66.6 Å². The van der Waals surface area contributed by atoms with Crippen molar-refractivity contribution in [3.05, 3.63) is 87.7 Å². The van der Waals surface area contributed by atoms with Crippen LogP contribution in [0.15, 0.2) is 54.9 Å². The van der Waals surface area contributed by atoms with Crippen molar-refractivity contribution in [2.75, 3.05) is 20.2 Å². The van der Waals surface area contributed by atoms with Crippen LogP contribution in [-0.2, 0) is 42.3 Å². The van der Waals surface area contributed by atoms with Crippen LogP contribution >= 0.6 is 11.6 Å². The quantitative estimate of drug-likeness (QED) is 0.110. The van der Waals surface area contributed by atoms with Gasteiger partial charge in [-0.3, -0.25) is 14.6 Å². The molecular weight excluding hydrogens is 761 g/mol. The number of pyridine rings is 3. The number of aromatic nitrogens is 4. The Morgan fingerprint density at radius 3 is 2.28 bits per heavy atom. The molecule has 16 heteroatoms. The van der Waals surface area contributed by atoms with E-state index in [0.717, 1.165) is 45.8 Å². The molecule has 0 bridgehead atoms. The molecule has 0 spiro atoms. The number of alkyl halides is 3. The highest BCUT2D eigenvalue weighted by atomic mass is 35.5. The van der Waals surface area contributed by atoms with Gasteiger partial charge >= 0.3 is 6.18 Å². The molecule has 6 heterocycles. The molecule has 3 atom stereocenters. The van der Waals surface area contributed by atoms with E-state index in [2.05, 4.69) is 31.2 Å². The Morgan fingerprint density at radius 1 is 0.895 bits per heavy atom. The zero-order valence-corrected chi connectivity index (χ0v) is 32.2. The summed E-state index contributed by atoms with van der Waals surface area (Å²) in [6.07, 6.45) is 1.69. The highest BCUT2D eigenvalue weighted by Crippen LogP contribution is 2.45. The van der Waals surface area contributed by atoms with Crippen molar-refractivity contribution < 1.29 is 32.2 Å². The molecule has 12 nitrogen and oxygen atoms in total. The summed E-state index contributed by atoms with van der Waals surface area (Å²) < 4.78 is 57.0. The normalized spacial score (nSPS) is 19.2. The van der Waals surface area contributed by atoms with Gasteiger partial charge in [-0.25, -0.2) is 4.98 Å². The van der Waals surface area contributed by atoms with Gasteiger partial charge < -0.3 is 35.3 Å². The van der Waals surface area contributed by atoms with E-state index in [-0.39, 0.29) is 41.9 Å². The van der Waals surface area contributed by atoms with Gasteiger partial charge in [0.25, 0.3) is 0 Å². The number of amides is 2. The summed E-state index contributed by atoms with van der Waals surface area (Å²) in [4.78, 5) is 37.0. The minimum atomic E-state index is -4.74. The predicted octanol–water partition coefficient (Wildman–Crippen LogP) is 6.18. The van der Waals surface area contributed by atoms with Crippen LogP contribution in [0.25, 0.3) is 33.5 Å². The Labute approximate surface area is 331 Å². The molecule has 2 amide bonds. The Morgan fingerprint density at radius 2 is 1.61 bits per heavy atom. The summed E-state index contributed by atoms with van der Waals surface area (Å²) in [6, 6.07) is 12.4. The number of nitrogens with one attached hydrogen (secondary N) is 4. The maximum atomic E-state index is 14.5. The summed E-state index contributed by atoms with van der Waals surface area (Å²) in [7, 11) is 3.30. The molecule has 2 saturated heterocycles. The number of benzene rings is 1. The minimum Gasteiger partial charge on any atom is -0.481 e. The van der Waals surface area contributed by atoms with E-state index < -0.39 is 23.7 Å². The molecular formula is C41H42ClF3N8O4. The fourth-order valence-electron chi connectivity index (χ4n) is 8.09. The molecule has 3 aliphatic rings. The van der Waals surface area contributed by atoms with Crippen molar-refractivity contribution >= 4 is 34.4 Å². The van der Waals surface area contributed by atoms with Crippen LogP contribution in [0.4, 0.5) is 13.2 Å². The van der Waals surface area contributed by atoms with E-state index in [9.17, 15) is 22.8 Å². The van der Waals surface area contributed by atoms with Gasteiger partial charge in [0.05, 0.1) is 23.5 Å². The van der Waals surface area contributed by atoms with Crippen molar-refractivity contribution in [1.82, 2.24) is 40.8 Å². The smallest absolute Gasteiger partial charge is 0.421 e. The number of methoxy groups -OCH3 is 1. The van der Waals surface area contributed by atoms with Crippen molar-refractivity contribution in [2.24, 2.45) is 7.05 Å². The Bertz CT molecular complexity index is 2350. The molecule has 298 valence electrons. The third kappa shape index (κ3) is 8.00. The number of halogens is 4. The first-order valence-electron chi connectivity index (χ1n) is 19.0. The first-order chi connectivity index (χ1) is 27.5. The monoisotopic (exact) mass is 802 g/mol. The second kappa shape index (κ2) is 15.9. The van der Waals surface area contributed by atoms with Gasteiger partial charge in [-0.2, -0.15) is 18.2 Å². The molecule has 0 radical (unpaired) electrons. The number of rotatable bonds is 13. The van der Waals surface area contributed by atoms with E-state index >= 15 is 0 Å². The van der Waals surface area contributed by atoms with E-state index in [1.54, 1.807) is 6.20 Å². The first-order valence-corrected chi connectivity index (χ1v) is 19.4. The van der Waals surface area contributed by atoms with Crippen LogP contribution in [0.5, 0.6) is 11.8 Å². The number of hydrogen-bond donors (Lipinski definition) is 4. The molecule has 2 aliphatic heterocycles. The van der Waals surface area contributed by atoms with Crippen LogP contribution in [0.1, 0.15) is 66.0 Å². The number of carbonyl (C=O) groups excluding carboxylic acids is 2. The third-order valence-corrected chi connectivity index (χ3v) is 11.3. The van der Waals surface area contributed by atoms with Gasteiger partial charge in [-0.1, -0.05) is 29.8 Å². The van der Waals surface area contributed by atoms with Gasteiger partial charge in [0.2, 0.25) is 23.6 Å². The SMILES string of the molecule is COc1nc(O[C@@H]2CCc3c(-c4nccc(-c5ccc6c(CNCC7CCC(=O)N7)cn(C)c6n5)c4Cl)cccc32)c(C(F)(F)F)cc1CNCC1CCC(=O)N1. The maximum Gasteiger partial charge on any atom is 0.421 e. The Kier molecular flexibility index (Phi) is 10.8. The molecule has 57 heavy (non-hydrogen) atoms. The van der Waals surface area contributed by atoms with Crippen molar-refractivity contribution in [2.45, 2.75) is 76.0 Å². The number of hydrogen-bond acceptors (Lipinski definition) is 9. The highest BCUT2D eigenvalue weighted by Gasteiger charge is 2.39. The van der Waals surface area contributed by atoms with Crippen LogP contribution in [0.3, 0.4) is 0 Å². The minimum absolute atomic E-state index is 0.0198. The topological polar surface area (TPSA) is 144 Å². The first kappa shape index (κ1) is 38.6. The van der Waals surface area contributed by atoms with E-state index in [1.807, 2.05) is 54.2 Å². The molecule has 2 unspecified atom stereocenters. The lowest BCUT2D eigenvalue weighted by Gasteiger charge is -2.21. The number of ether oxygens (including phenoxy) is 2. The molecule has 2 fully saturated rings. The number of fused-ring (bicyclic) bond motifs is 2. The van der Waals surface area contributed by atoms with Gasteiger partial charge in [0.1, 0.15) is 17.3 Å². The Balaban J connectivity index is 1.02. The zero-order chi connectivity index (χ0) is 39.8. The predicted molar refractivity (Wildman–Crippen MR) is 208 cm³/mol. The summed E-state index contributed by atoms with van der Waals surface area (Å²) in [5, 5.41) is 13.8. The second-order valence-electron chi connectivity index (χ2n) is 14.7. The fraction of sp³-hybridized carbons (Fsp3) is 0.390. The lowest BCUT2D eigenvalue weighted by molar-refractivity contribution is -0.139. The van der Waals surface area contributed by atoms with Crippen LogP contribution in [0, 0.1) is 0 Å². The third-order valence-electron chi connectivity index (χ3n) is 10.9. The van der Waals surface area contributed by atoms with Crippen molar-refractivity contribution in [3.8, 4) is 34.3 Å². The fourth-order valence-corrected chi connectivity index (χ4v) is 8.40. The van der Waals surface area contributed by atoms with Crippen LogP contribution < -0.4 is 30.7 Å². The summed E-state index contributed by atoms with van der Waals surface area (Å²) in [6.45, 7) is 1.78. The maximum absolute atomic E-state index is 14.5. The second-order valence-corrected chi connectivity index (χ2v) is 15.1. The molecule has 0 saturated carbocycles. The summed E-state index contributed by atoms with van der Waals surface area (Å²) in [5.74, 6) is -0.487. The summed E-state index contributed by atoms with van der Waals surface area (Å²) >= 11 is 7.13. The van der Waals surface area contributed by atoms with Gasteiger partial charge in [0.15, 0.2) is 0 Å². The van der Waals surface area contributed by atoms with E-state index in [1.165, 1.54) is 7.11 Å². The highest BCUT2D eigenvalue weighted by molar-refractivity contribution is 6.35. The van der Waals surface area contributed by atoms with Crippen LogP contribution in [0.2, 0.25) is 5.02 Å². The molecule has 1 aromatic carbocycles. The lowest BCUT2D eigenvalue weighted by Crippen LogP contribution is -2.35. The average molecular weight is 803 g/mol. The number of nitrogens with zero attached hydrogens (tertiary/aromatic N) is 4. The lowest BCUT2D eigenvalue weighted by atomic mass is 9.98. The molecule has 4 aromatic heterocycles. The van der Waals surface area contributed by atoms with E-state index in [4.69, 9.17) is 26.1 Å². The molecule has 8 rings (SSSR count). The summed E-state index contributed by atoms with van der Waals surface area (Å²) in [5.41, 5.74) is 5.38. The number of aryl methyl sites for hydroxylation is 1. The standard InChI is InChI=1S/C41H42ClF3N8O4/c1-53-21-23(18-47-20-25-7-13-35(55)50-25)26-8-10-32(51-38(26)53)30-14-15-48-37(36(30)42)29-5-3-4-28-27(29)9-11-33(28)57-40-31(41(43,44)45)16-22(39(52-40)56-2)17-46-19-24-6-12-34(54)49-24/h3-5,8,10,14-16,21,24-25,33,46-47H,6-7,9,11-13,17-20H2,1-2H3,(H,49,54)(H,50,55)/t24?,25?,33-/m1/s1. The zero-order valence-electron chi connectivity index (χ0n) is 31.4. The molecule has 1 aliphatic carbocycles. The van der Waals surface area contributed by atoms with E-state index in [0.29, 0.717) is 73.7 Å². The van der Waals surface area contributed by atoms with Crippen molar-refractivity contribution in [3.63, 3.8) is 0 Å². The van der Waals surface area contributed by atoms with Gasteiger partial charge in [-0.15, -0.1) is 0 Å². The molecule has 5 aromatic rings. The van der Waals surface area contributed by atoms with Crippen molar-refractivity contribution in [1.29, 1.82) is 0 Å². The van der Waals surface area contributed by atoms with Gasteiger partial charge in [0, 0.05) is 92.6 Å².